The van der Waals surface area contributed by atoms with Gasteiger partial charge < -0.3 is 0 Å². The quantitative estimate of drug-likeness (QED) is 0.853. The van der Waals surface area contributed by atoms with Crippen molar-refractivity contribution in [2.75, 3.05) is 0 Å². The van der Waals surface area contributed by atoms with Crippen LogP contribution in [0, 0.1) is 0 Å². The van der Waals surface area contributed by atoms with Gasteiger partial charge in [0.2, 0.25) is 11.0 Å². The Morgan fingerprint density at radius 2 is 2.15 bits per heavy atom. The fraction of sp³-hybridized carbons (Fsp3) is 0.273. The zero-order valence-electron chi connectivity index (χ0n) is 10.7. The summed E-state index contributed by atoms with van der Waals surface area (Å²) in [5.74, 6) is -0.441. The molecule has 0 spiro atoms. The van der Waals surface area contributed by atoms with Crippen molar-refractivity contribution in [3.8, 4) is 0 Å². The molecule has 0 fully saturated rings. The molecule has 3 heterocycles. The molecule has 0 unspecified atom stereocenters. The van der Waals surface area contributed by atoms with Gasteiger partial charge in [-0.05, 0) is 30.8 Å². The molecule has 1 aliphatic rings. The molecule has 0 N–H and O–H groups in total. The Morgan fingerprint density at radius 1 is 1.35 bits per heavy atom. The first-order chi connectivity index (χ1) is 9.54. The van der Waals surface area contributed by atoms with Crippen molar-refractivity contribution in [2.24, 2.45) is 12.1 Å². The molecule has 0 amide bonds. The van der Waals surface area contributed by atoms with Crippen molar-refractivity contribution in [2.45, 2.75) is 18.5 Å². The molecule has 0 saturated heterocycles. The van der Waals surface area contributed by atoms with Crippen molar-refractivity contribution in [1.29, 1.82) is 0 Å². The van der Waals surface area contributed by atoms with Crippen LogP contribution in [0.3, 0.4) is 0 Å². The summed E-state index contributed by atoms with van der Waals surface area (Å²) in [6, 6.07) is 1.85. The Balaban J connectivity index is 1.98. The summed E-state index contributed by atoms with van der Waals surface area (Å²) in [5.41, 5.74) is 1.39. The Labute approximate surface area is 117 Å². The fourth-order valence-electron chi connectivity index (χ4n) is 1.72. The van der Waals surface area contributed by atoms with E-state index in [-0.39, 0.29) is 0 Å². The van der Waals surface area contributed by atoms with Crippen LogP contribution in [0.25, 0.3) is 6.08 Å². The summed E-state index contributed by atoms with van der Waals surface area (Å²) in [5, 5.41) is 15.9. The zero-order valence-corrected chi connectivity index (χ0v) is 11.5. The van der Waals surface area contributed by atoms with Crippen molar-refractivity contribution >= 4 is 23.5 Å². The van der Waals surface area contributed by atoms with Gasteiger partial charge in [-0.2, -0.15) is 14.9 Å². The molecular formula is C11H10F2N6S. The van der Waals surface area contributed by atoms with E-state index >= 15 is 0 Å². The second kappa shape index (κ2) is 4.82. The number of hydrogen-bond donors (Lipinski definition) is 0. The van der Waals surface area contributed by atoms with Gasteiger partial charge in [-0.1, -0.05) is 0 Å². The average molecular weight is 296 g/mol. The highest BCUT2D eigenvalue weighted by Crippen LogP contribution is 2.34. The van der Waals surface area contributed by atoms with Gasteiger partial charge in [-0.25, -0.2) is 8.78 Å². The molecule has 20 heavy (non-hydrogen) atoms. The number of alkyl halides is 2. The smallest absolute Gasteiger partial charge is 0.275 e. The van der Waals surface area contributed by atoms with Gasteiger partial charge in [0.05, 0.1) is 11.4 Å². The van der Waals surface area contributed by atoms with E-state index in [0.717, 1.165) is 15.3 Å². The van der Waals surface area contributed by atoms with Crippen LogP contribution in [0.1, 0.15) is 24.9 Å². The van der Waals surface area contributed by atoms with Gasteiger partial charge in [0.15, 0.2) is 0 Å². The van der Waals surface area contributed by atoms with E-state index in [4.69, 9.17) is 0 Å². The maximum absolute atomic E-state index is 12.7. The summed E-state index contributed by atoms with van der Waals surface area (Å²) >= 11 is 1.24. The van der Waals surface area contributed by atoms with Crippen molar-refractivity contribution in [1.82, 2.24) is 24.7 Å². The van der Waals surface area contributed by atoms with Gasteiger partial charge in [-0.3, -0.25) is 4.68 Å². The monoisotopic (exact) mass is 296 g/mol. The normalized spacial score (nSPS) is 16.6. The second-order valence-corrected chi connectivity index (χ2v) is 5.17. The summed E-state index contributed by atoms with van der Waals surface area (Å²) < 4.78 is 28.2. The predicted molar refractivity (Wildman–Crippen MR) is 70.5 cm³/mol. The maximum Gasteiger partial charge on any atom is 0.299 e. The third-order valence-electron chi connectivity index (χ3n) is 2.65. The molecule has 1 aliphatic heterocycles. The van der Waals surface area contributed by atoms with E-state index in [1.807, 2.05) is 25.4 Å². The lowest BCUT2D eigenvalue weighted by atomic mass is 10.3. The lowest BCUT2D eigenvalue weighted by Gasteiger charge is -2.13. The van der Waals surface area contributed by atoms with Gasteiger partial charge in [-0.15, -0.1) is 10.2 Å². The van der Waals surface area contributed by atoms with Crippen LogP contribution < -0.4 is 0 Å². The molecule has 104 valence electrons. The van der Waals surface area contributed by atoms with E-state index in [9.17, 15) is 8.78 Å². The molecular weight excluding hydrogens is 286 g/mol. The van der Waals surface area contributed by atoms with E-state index in [1.54, 1.807) is 11.6 Å². The number of nitrogens with zero attached hydrogens (tertiary/aromatic N) is 6. The van der Waals surface area contributed by atoms with E-state index in [0.29, 0.717) is 10.9 Å². The summed E-state index contributed by atoms with van der Waals surface area (Å²) in [6.07, 6.45) is 0.961. The van der Waals surface area contributed by atoms with Gasteiger partial charge >= 0.3 is 0 Å². The molecule has 0 atom stereocenters. The lowest BCUT2D eigenvalue weighted by molar-refractivity contribution is 0.135. The third kappa shape index (κ3) is 2.24. The lowest BCUT2D eigenvalue weighted by Crippen LogP contribution is -2.09. The maximum atomic E-state index is 12.7. The number of rotatable bonds is 2. The van der Waals surface area contributed by atoms with Crippen LogP contribution in [0.4, 0.5) is 8.78 Å². The Morgan fingerprint density at radius 3 is 2.80 bits per heavy atom. The number of aromatic nitrogens is 5. The van der Waals surface area contributed by atoms with E-state index in [2.05, 4.69) is 20.4 Å². The number of allylic oxidation sites excluding steroid dienone is 1. The first kappa shape index (κ1) is 13.0. The zero-order chi connectivity index (χ0) is 14.3. The summed E-state index contributed by atoms with van der Waals surface area (Å²) in [4.78, 5) is 0.810. The molecule has 0 bridgehead atoms. The first-order valence-corrected chi connectivity index (χ1v) is 6.55. The van der Waals surface area contributed by atoms with Crippen LogP contribution >= 0.6 is 11.8 Å². The fourth-order valence-corrected chi connectivity index (χ4v) is 2.59. The minimum absolute atomic E-state index is 0.327. The van der Waals surface area contributed by atoms with Crippen molar-refractivity contribution < 1.29 is 8.78 Å². The highest BCUT2D eigenvalue weighted by molar-refractivity contribution is 8.04. The molecule has 2 aromatic heterocycles. The number of aryl methyl sites for hydroxylation is 1. The topological polar surface area (TPSA) is 60.9 Å². The number of hydrogen-bond acceptors (Lipinski definition) is 5. The van der Waals surface area contributed by atoms with Crippen LogP contribution in [-0.2, 0) is 7.05 Å². The average Bonchev–Trinajstić information content (AvgIpc) is 2.96. The Kier molecular flexibility index (Phi) is 3.13. The second-order valence-electron chi connectivity index (χ2n) is 4.16. The van der Waals surface area contributed by atoms with E-state index < -0.39 is 12.2 Å². The highest BCUT2D eigenvalue weighted by atomic mass is 32.2. The molecule has 6 nitrogen and oxygen atoms in total. The molecule has 0 aliphatic carbocycles. The Bertz CT molecular complexity index is 714. The SMILES string of the molecule is CC1=Nn2c(nnc2C(F)F)S/C1=C\c1ccn(C)n1. The predicted octanol–water partition coefficient (Wildman–Crippen LogP) is 2.32. The first-order valence-electron chi connectivity index (χ1n) is 5.73. The van der Waals surface area contributed by atoms with Gasteiger partial charge in [0.1, 0.15) is 0 Å². The van der Waals surface area contributed by atoms with Crippen molar-refractivity contribution in [3.05, 3.63) is 28.7 Å². The Hall–Kier alpha value is -2.03. The minimum Gasteiger partial charge on any atom is -0.275 e. The number of thioether (sulfide) groups is 1. The number of fused-ring (bicyclic) bond motifs is 1. The summed E-state index contributed by atoms with van der Waals surface area (Å²) in [7, 11) is 1.82. The molecule has 0 radical (unpaired) electrons. The van der Waals surface area contributed by atoms with Gasteiger partial charge in [0.25, 0.3) is 6.43 Å². The van der Waals surface area contributed by atoms with Crippen molar-refractivity contribution in [3.63, 3.8) is 0 Å². The van der Waals surface area contributed by atoms with Crippen LogP contribution in [-0.4, -0.2) is 30.4 Å². The minimum atomic E-state index is -2.70. The largest absolute Gasteiger partial charge is 0.299 e. The number of halogens is 2. The van der Waals surface area contributed by atoms with Gasteiger partial charge in [0, 0.05) is 18.1 Å². The molecule has 0 saturated carbocycles. The summed E-state index contributed by atoms with van der Waals surface area (Å²) in [6.45, 7) is 1.75. The standard InChI is InChI=1S/C11H10F2N6S/c1-6-8(5-7-3-4-18(2)17-7)20-11-15-14-10(9(12)13)19(11)16-6/h3-5,9H,1-2H3/b8-5-. The molecule has 9 heteroatoms. The van der Waals surface area contributed by atoms with Crippen LogP contribution in [0.2, 0.25) is 0 Å². The van der Waals surface area contributed by atoms with Crippen LogP contribution in [0.5, 0.6) is 0 Å². The van der Waals surface area contributed by atoms with E-state index in [1.165, 1.54) is 11.8 Å². The molecule has 2 aromatic rings. The van der Waals surface area contributed by atoms with Crippen LogP contribution in [0.15, 0.2) is 27.4 Å². The third-order valence-corrected chi connectivity index (χ3v) is 3.72. The highest BCUT2D eigenvalue weighted by Gasteiger charge is 2.25. The molecule has 0 aromatic carbocycles. The molecule has 3 rings (SSSR count).